The number of carbonyl (C=O) groups is 1. The molecule has 1 saturated heterocycles. The summed E-state index contributed by atoms with van der Waals surface area (Å²) in [6.07, 6.45) is 6.25. The fourth-order valence-electron chi connectivity index (χ4n) is 5.47. The van der Waals surface area contributed by atoms with Crippen molar-refractivity contribution in [2.45, 2.75) is 76.5 Å². The Balaban J connectivity index is 1.48. The van der Waals surface area contributed by atoms with E-state index in [2.05, 4.69) is 33.3 Å². The number of unbranched alkanes of at least 4 members (excludes halogenated alkanes) is 2. The second-order valence-electron chi connectivity index (χ2n) is 10.9. The summed E-state index contributed by atoms with van der Waals surface area (Å²) >= 11 is 0. The van der Waals surface area contributed by atoms with Gasteiger partial charge in [-0.25, -0.2) is 9.37 Å². The van der Waals surface area contributed by atoms with Gasteiger partial charge in [0.05, 0.1) is 11.7 Å². The van der Waals surface area contributed by atoms with Crippen molar-refractivity contribution in [1.29, 1.82) is 5.26 Å². The molecule has 0 radical (unpaired) electrons. The van der Waals surface area contributed by atoms with Crippen molar-refractivity contribution < 1.29 is 19.4 Å². The number of likely N-dealkylation sites (tertiary alicyclic amines) is 1. The van der Waals surface area contributed by atoms with Crippen LogP contribution in [0.5, 0.6) is 0 Å². The molecule has 1 aliphatic heterocycles. The highest BCUT2D eigenvalue weighted by Gasteiger charge is 2.58. The van der Waals surface area contributed by atoms with E-state index in [9.17, 15) is 24.7 Å². The van der Waals surface area contributed by atoms with Crippen molar-refractivity contribution in [2.75, 3.05) is 20.1 Å². The third-order valence-electron chi connectivity index (χ3n) is 8.25. The summed E-state index contributed by atoms with van der Waals surface area (Å²) in [5, 5.41) is 32.7. The van der Waals surface area contributed by atoms with Crippen LogP contribution in [0.1, 0.15) is 82.1 Å². The molecule has 8 nitrogen and oxygen atoms in total. The maximum atomic E-state index is 13.4. The number of hydrogen-bond donors (Lipinski definition) is 4. The Hall–Kier alpha value is -2.80. The van der Waals surface area contributed by atoms with Crippen LogP contribution in [0.25, 0.3) is 11.4 Å². The third-order valence-corrected chi connectivity index (χ3v) is 8.25. The normalized spacial score (nSPS) is 19.9. The number of nitriles is 1. The molecule has 0 bridgehead atoms. The Bertz CT molecular complexity index is 1120. The van der Waals surface area contributed by atoms with E-state index in [-0.39, 0.29) is 35.2 Å². The highest BCUT2D eigenvalue weighted by atomic mass is 19.1. The van der Waals surface area contributed by atoms with Gasteiger partial charge in [-0.05, 0) is 88.3 Å². The van der Waals surface area contributed by atoms with Gasteiger partial charge in [-0.1, -0.05) is 19.8 Å². The number of imidazole rings is 1. The van der Waals surface area contributed by atoms with Crippen LogP contribution in [0.4, 0.5) is 4.39 Å². The molecule has 2 fully saturated rings. The van der Waals surface area contributed by atoms with Crippen molar-refractivity contribution >= 4 is 5.91 Å². The first-order chi connectivity index (χ1) is 17.7. The Morgan fingerprint density at radius 3 is 2.65 bits per heavy atom. The highest BCUT2D eigenvalue weighted by molar-refractivity contribution is 5.83. The smallest absolute Gasteiger partial charge is 0.224 e. The van der Waals surface area contributed by atoms with Crippen molar-refractivity contribution in [3.05, 3.63) is 41.5 Å². The molecule has 0 unspecified atom stereocenters. The topological polar surface area (TPSA) is 125 Å². The van der Waals surface area contributed by atoms with Crippen LogP contribution >= 0.6 is 0 Å². The molecule has 2 heterocycles. The van der Waals surface area contributed by atoms with Gasteiger partial charge < -0.3 is 25.4 Å². The average Bonchev–Trinajstić information content (AvgIpc) is 3.42. The van der Waals surface area contributed by atoms with Crippen LogP contribution in [0.2, 0.25) is 0 Å². The number of aromatic nitrogens is 2. The van der Waals surface area contributed by atoms with Crippen molar-refractivity contribution in [1.82, 2.24) is 20.2 Å². The summed E-state index contributed by atoms with van der Waals surface area (Å²) in [6.45, 7) is 3.74. The molecule has 1 spiro atoms. The molecule has 1 amide bonds. The molecule has 4 N–H and O–H groups in total. The zero-order valence-electron chi connectivity index (χ0n) is 21.8. The summed E-state index contributed by atoms with van der Waals surface area (Å²) in [7, 11) is 2.11. The first-order valence-electron chi connectivity index (χ1n) is 13.4. The van der Waals surface area contributed by atoms with Crippen molar-refractivity contribution in [3.8, 4) is 17.5 Å². The number of hydrogen-bond acceptors (Lipinski definition) is 6. The van der Waals surface area contributed by atoms with Gasteiger partial charge in [-0.15, -0.1) is 0 Å². The standard InChI is InChI=1S/C28H38FN5O3/c1-3-28(36,37)12-6-4-5-7-22(32-26(35)21-17-27(21)13-15-34(2)16-14-27)24-23(18-30)31-25(33-24)19-8-10-20(29)11-9-19/h8-11,21-22,36-37H,3-7,12-17H2,1-2H3,(H,31,33)(H,32,35)/t21-,22+/m1/s1. The van der Waals surface area contributed by atoms with Gasteiger partial charge >= 0.3 is 0 Å². The number of carbonyl (C=O) groups excluding carboxylic acids is 1. The van der Waals surface area contributed by atoms with E-state index in [0.717, 1.165) is 45.2 Å². The van der Waals surface area contributed by atoms with Gasteiger partial charge in [0.15, 0.2) is 11.5 Å². The summed E-state index contributed by atoms with van der Waals surface area (Å²) < 4.78 is 13.4. The lowest BCUT2D eigenvalue weighted by molar-refractivity contribution is -0.167. The van der Waals surface area contributed by atoms with Crippen LogP contribution in [0.15, 0.2) is 24.3 Å². The molecule has 2 aliphatic rings. The van der Waals surface area contributed by atoms with E-state index in [4.69, 9.17) is 0 Å². The molecule has 1 saturated carbocycles. The van der Waals surface area contributed by atoms with Gasteiger partial charge in [0.25, 0.3) is 0 Å². The molecule has 200 valence electrons. The summed E-state index contributed by atoms with van der Waals surface area (Å²) in [4.78, 5) is 23.3. The zero-order chi connectivity index (χ0) is 26.6. The predicted molar refractivity (Wildman–Crippen MR) is 137 cm³/mol. The Labute approximate surface area is 217 Å². The molecular formula is C28H38FN5O3. The molecule has 37 heavy (non-hydrogen) atoms. The Morgan fingerprint density at radius 1 is 1.30 bits per heavy atom. The number of rotatable bonds is 11. The number of nitrogens with zero attached hydrogens (tertiary/aromatic N) is 3. The number of piperidine rings is 1. The summed E-state index contributed by atoms with van der Waals surface area (Å²) in [6, 6.07) is 7.61. The fourth-order valence-corrected chi connectivity index (χ4v) is 5.47. The van der Waals surface area contributed by atoms with E-state index >= 15 is 0 Å². The maximum absolute atomic E-state index is 13.4. The first-order valence-corrected chi connectivity index (χ1v) is 13.4. The van der Waals surface area contributed by atoms with Gasteiger partial charge in [0, 0.05) is 17.9 Å². The lowest BCUT2D eigenvalue weighted by Gasteiger charge is -2.30. The Kier molecular flexibility index (Phi) is 8.32. The van der Waals surface area contributed by atoms with Crippen LogP contribution in [-0.4, -0.2) is 56.9 Å². The second kappa shape index (κ2) is 11.3. The van der Waals surface area contributed by atoms with Gasteiger partial charge in [0.2, 0.25) is 5.91 Å². The zero-order valence-corrected chi connectivity index (χ0v) is 21.8. The molecule has 1 aromatic heterocycles. The van der Waals surface area contributed by atoms with Crippen LogP contribution in [0, 0.1) is 28.5 Å². The van der Waals surface area contributed by atoms with Crippen LogP contribution in [-0.2, 0) is 4.79 Å². The second-order valence-corrected chi connectivity index (χ2v) is 10.9. The van der Waals surface area contributed by atoms with Crippen molar-refractivity contribution in [3.63, 3.8) is 0 Å². The van der Waals surface area contributed by atoms with Gasteiger partial charge in [-0.3, -0.25) is 4.79 Å². The van der Waals surface area contributed by atoms with E-state index in [1.165, 1.54) is 12.1 Å². The minimum absolute atomic E-state index is 0.0114. The third kappa shape index (κ3) is 6.56. The number of benzene rings is 1. The fraction of sp³-hybridized carbons (Fsp3) is 0.607. The number of nitrogens with one attached hydrogen (secondary N) is 2. The minimum Gasteiger partial charge on any atom is -0.366 e. The first kappa shape index (κ1) is 27.2. The minimum atomic E-state index is -1.65. The Morgan fingerprint density at radius 2 is 2.00 bits per heavy atom. The molecule has 4 rings (SSSR count). The lowest BCUT2D eigenvalue weighted by Crippen LogP contribution is -2.36. The molecule has 1 aliphatic carbocycles. The van der Waals surface area contributed by atoms with Crippen molar-refractivity contribution in [2.24, 2.45) is 11.3 Å². The molecular weight excluding hydrogens is 473 g/mol. The highest BCUT2D eigenvalue weighted by Crippen LogP contribution is 2.59. The van der Waals surface area contributed by atoms with Gasteiger partial charge in [-0.2, -0.15) is 5.26 Å². The molecule has 2 aromatic rings. The van der Waals surface area contributed by atoms with Gasteiger partial charge in [0.1, 0.15) is 17.7 Å². The van der Waals surface area contributed by atoms with E-state index in [1.807, 2.05) is 0 Å². The number of H-pyrrole nitrogens is 1. The molecule has 9 heteroatoms. The number of halogens is 1. The van der Waals surface area contributed by atoms with E-state index in [1.54, 1.807) is 19.1 Å². The van der Waals surface area contributed by atoms with Crippen LogP contribution in [0.3, 0.4) is 0 Å². The van der Waals surface area contributed by atoms with Crippen LogP contribution < -0.4 is 5.32 Å². The molecule has 1 aromatic carbocycles. The quantitative estimate of drug-likeness (QED) is 0.267. The van der Waals surface area contributed by atoms with E-state index in [0.29, 0.717) is 36.3 Å². The van der Waals surface area contributed by atoms with E-state index < -0.39 is 11.8 Å². The number of aliphatic hydroxyl groups is 2. The summed E-state index contributed by atoms with van der Waals surface area (Å²) in [5.41, 5.74) is 1.52. The largest absolute Gasteiger partial charge is 0.366 e. The summed E-state index contributed by atoms with van der Waals surface area (Å²) in [5.74, 6) is -1.54. The number of amides is 1. The predicted octanol–water partition coefficient (Wildman–Crippen LogP) is 4.02. The SMILES string of the molecule is CCC(O)(O)CCCCC[C@H](NC(=O)[C@H]1CC12CCN(C)CC2)c1[nH]c(-c2ccc(F)cc2)nc1C#N. The number of aromatic amines is 1. The molecule has 2 atom stereocenters. The monoisotopic (exact) mass is 511 g/mol. The average molecular weight is 512 g/mol. The lowest BCUT2D eigenvalue weighted by atomic mass is 9.90. The maximum Gasteiger partial charge on any atom is 0.224 e.